The molecule has 1 aromatic heterocycles. The average Bonchev–Trinajstić information content (AvgIpc) is 2.95. The minimum Gasteiger partial charge on any atom is -0.325 e. The van der Waals surface area contributed by atoms with Crippen LogP contribution in [0.3, 0.4) is 0 Å². The van der Waals surface area contributed by atoms with Gasteiger partial charge in [0.2, 0.25) is 0 Å². The predicted octanol–water partition coefficient (Wildman–Crippen LogP) is 3.61. The van der Waals surface area contributed by atoms with Gasteiger partial charge in [-0.25, -0.2) is 4.68 Å². The lowest BCUT2D eigenvalue weighted by Crippen LogP contribution is -2.04. The maximum absolute atomic E-state index is 5.78. The van der Waals surface area contributed by atoms with Crippen molar-refractivity contribution in [2.24, 2.45) is 5.73 Å². The van der Waals surface area contributed by atoms with E-state index >= 15 is 0 Å². The molecule has 0 radical (unpaired) electrons. The lowest BCUT2D eigenvalue weighted by atomic mass is 10.1. The third kappa shape index (κ3) is 2.48. The first-order valence-electron chi connectivity index (χ1n) is 7.11. The largest absolute Gasteiger partial charge is 0.325 e. The maximum Gasteiger partial charge on any atom is 0.0771 e. The van der Waals surface area contributed by atoms with Crippen LogP contribution in [0.25, 0.3) is 16.9 Å². The Labute approximate surface area is 125 Å². The van der Waals surface area contributed by atoms with Crippen molar-refractivity contribution in [3.8, 4) is 16.9 Å². The SMILES string of the molecule is Cc1cccc(-n2nc(CN)cc2-c2ccccc2)c1C. The van der Waals surface area contributed by atoms with Gasteiger partial charge in [-0.1, -0.05) is 42.5 Å². The molecule has 0 bridgehead atoms. The van der Waals surface area contributed by atoms with Crippen LogP contribution in [0.2, 0.25) is 0 Å². The van der Waals surface area contributed by atoms with E-state index in [0.29, 0.717) is 6.54 Å². The summed E-state index contributed by atoms with van der Waals surface area (Å²) in [6.45, 7) is 4.69. The van der Waals surface area contributed by atoms with Crippen LogP contribution in [0, 0.1) is 13.8 Å². The molecule has 0 aliphatic heterocycles. The first-order chi connectivity index (χ1) is 10.2. The lowest BCUT2D eigenvalue weighted by Gasteiger charge is -2.12. The summed E-state index contributed by atoms with van der Waals surface area (Å²) < 4.78 is 2.00. The van der Waals surface area contributed by atoms with Crippen LogP contribution < -0.4 is 5.73 Å². The van der Waals surface area contributed by atoms with Crippen molar-refractivity contribution in [2.75, 3.05) is 0 Å². The van der Waals surface area contributed by atoms with E-state index in [-0.39, 0.29) is 0 Å². The van der Waals surface area contributed by atoms with Crippen molar-refractivity contribution in [1.82, 2.24) is 9.78 Å². The van der Waals surface area contributed by atoms with Gasteiger partial charge in [-0.3, -0.25) is 0 Å². The van der Waals surface area contributed by atoms with E-state index in [0.717, 1.165) is 22.6 Å². The van der Waals surface area contributed by atoms with E-state index in [2.05, 4.69) is 55.3 Å². The summed E-state index contributed by atoms with van der Waals surface area (Å²) in [5.74, 6) is 0. The third-order valence-corrected chi connectivity index (χ3v) is 3.84. The monoisotopic (exact) mass is 277 g/mol. The topological polar surface area (TPSA) is 43.8 Å². The summed E-state index contributed by atoms with van der Waals surface area (Å²) in [4.78, 5) is 0. The molecule has 106 valence electrons. The minimum absolute atomic E-state index is 0.442. The van der Waals surface area contributed by atoms with Crippen molar-refractivity contribution >= 4 is 0 Å². The number of nitrogens with zero attached hydrogens (tertiary/aromatic N) is 2. The van der Waals surface area contributed by atoms with Crippen molar-refractivity contribution in [3.63, 3.8) is 0 Å². The molecule has 2 aromatic carbocycles. The van der Waals surface area contributed by atoms with Crippen LogP contribution >= 0.6 is 0 Å². The van der Waals surface area contributed by atoms with E-state index < -0.39 is 0 Å². The van der Waals surface area contributed by atoms with Gasteiger partial charge < -0.3 is 5.73 Å². The van der Waals surface area contributed by atoms with Crippen LogP contribution in [0.15, 0.2) is 54.6 Å². The van der Waals surface area contributed by atoms with E-state index in [1.807, 2.05) is 22.9 Å². The van der Waals surface area contributed by atoms with Gasteiger partial charge >= 0.3 is 0 Å². The molecule has 0 aliphatic rings. The first-order valence-corrected chi connectivity index (χ1v) is 7.11. The zero-order valence-corrected chi connectivity index (χ0v) is 12.4. The Morgan fingerprint density at radius 3 is 2.48 bits per heavy atom. The fraction of sp³-hybridized carbons (Fsp3) is 0.167. The molecule has 2 N–H and O–H groups in total. The number of aromatic nitrogens is 2. The number of nitrogens with two attached hydrogens (primary N) is 1. The van der Waals surface area contributed by atoms with Gasteiger partial charge in [0.25, 0.3) is 0 Å². The van der Waals surface area contributed by atoms with Gasteiger partial charge in [-0.05, 0) is 37.1 Å². The molecule has 0 aliphatic carbocycles. The van der Waals surface area contributed by atoms with Crippen LogP contribution in [0.5, 0.6) is 0 Å². The number of rotatable bonds is 3. The summed E-state index contributed by atoms with van der Waals surface area (Å²) in [7, 11) is 0. The van der Waals surface area contributed by atoms with E-state index in [1.54, 1.807) is 0 Å². The highest BCUT2D eigenvalue weighted by molar-refractivity contribution is 5.63. The fourth-order valence-electron chi connectivity index (χ4n) is 2.49. The molecule has 0 unspecified atom stereocenters. The molecule has 0 amide bonds. The Bertz CT molecular complexity index is 757. The second-order valence-electron chi connectivity index (χ2n) is 5.22. The standard InChI is InChI=1S/C18H19N3/c1-13-7-6-10-17(14(13)2)21-18(11-16(12-19)20-21)15-8-4-3-5-9-15/h3-11H,12,19H2,1-2H3. The van der Waals surface area contributed by atoms with Crippen LogP contribution in [-0.2, 0) is 6.54 Å². The molecule has 3 nitrogen and oxygen atoms in total. The summed E-state index contributed by atoms with van der Waals surface area (Å²) in [5, 5.41) is 4.67. The molecule has 3 aromatic rings. The highest BCUT2D eigenvalue weighted by atomic mass is 15.3. The Morgan fingerprint density at radius 1 is 1.00 bits per heavy atom. The Kier molecular flexibility index (Phi) is 3.59. The van der Waals surface area contributed by atoms with E-state index in [1.165, 1.54) is 11.1 Å². The van der Waals surface area contributed by atoms with Crippen molar-refractivity contribution in [2.45, 2.75) is 20.4 Å². The average molecular weight is 277 g/mol. The zero-order valence-electron chi connectivity index (χ0n) is 12.4. The zero-order chi connectivity index (χ0) is 14.8. The number of hydrogen-bond acceptors (Lipinski definition) is 2. The maximum atomic E-state index is 5.78. The number of aryl methyl sites for hydroxylation is 1. The van der Waals surface area contributed by atoms with E-state index in [4.69, 9.17) is 5.73 Å². The van der Waals surface area contributed by atoms with Crippen molar-refractivity contribution < 1.29 is 0 Å². The molecule has 0 atom stereocenters. The number of hydrogen-bond donors (Lipinski definition) is 1. The highest BCUT2D eigenvalue weighted by Gasteiger charge is 2.13. The molecule has 3 heteroatoms. The quantitative estimate of drug-likeness (QED) is 0.794. The lowest BCUT2D eigenvalue weighted by molar-refractivity contribution is 0.832. The normalized spacial score (nSPS) is 10.8. The van der Waals surface area contributed by atoms with Gasteiger partial charge in [0, 0.05) is 12.1 Å². The molecular formula is C18H19N3. The fourth-order valence-corrected chi connectivity index (χ4v) is 2.49. The second kappa shape index (κ2) is 5.54. The second-order valence-corrected chi connectivity index (χ2v) is 5.22. The Morgan fingerprint density at radius 2 is 1.76 bits per heavy atom. The van der Waals surface area contributed by atoms with Gasteiger partial charge in [0.15, 0.2) is 0 Å². The highest BCUT2D eigenvalue weighted by Crippen LogP contribution is 2.26. The summed E-state index contributed by atoms with van der Waals surface area (Å²) >= 11 is 0. The summed E-state index contributed by atoms with van der Waals surface area (Å²) in [6, 6.07) is 18.6. The first kappa shape index (κ1) is 13.6. The van der Waals surface area contributed by atoms with Crippen LogP contribution in [0.1, 0.15) is 16.8 Å². The molecule has 21 heavy (non-hydrogen) atoms. The molecule has 0 saturated carbocycles. The van der Waals surface area contributed by atoms with Crippen molar-refractivity contribution in [1.29, 1.82) is 0 Å². The van der Waals surface area contributed by atoms with E-state index in [9.17, 15) is 0 Å². The summed E-state index contributed by atoms with van der Waals surface area (Å²) in [6.07, 6.45) is 0. The molecule has 0 fully saturated rings. The molecule has 0 saturated heterocycles. The van der Waals surface area contributed by atoms with Crippen molar-refractivity contribution in [3.05, 3.63) is 71.4 Å². The van der Waals surface area contributed by atoms with Gasteiger partial charge in [-0.15, -0.1) is 0 Å². The predicted molar refractivity (Wildman–Crippen MR) is 86.4 cm³/mol. The van der Waals surface area contributed by atoms with Crippen LogP contribution in [0.4, 0.5) is 0 Å². The molecule has 0 spiro atoms. The van der Waals surface area contributed by atoms with Gasteiger partial charge in [-0.2, -0.15) is 5.10 Å². The van der Waals surface area contributed by atoms with Gasteiger partial charge in [0.05, 0.1) is 17.1 Å². The Balaban J connectivity index is 2.23. The Hall–Kier alpha value is -2.39. The summed E-state index contributed by atoms with van der Waals surface area (Å²) in [5.41, 5.74) is 12.5. The van der Waals surface area contributed by atoms with Gasteiger partial charge in [0.1, 0.15) is 0 Å². The molecule has 1 heterocycles. The number of benzene rings is 2. The third-order valence-electron chi connectivity index (χ3n) is 3.84. The molecular weight excluding hydrogens is 258 g/mol. The minimum atomic E-state index is 0.442. The molecule has 3 rings (SSSR count). The smallest absolute Gasteiger partial charge is 0.0771 e. The van der Waals surface area contributed by atoms with Crippen LogP contribution in [-0.4, -0.2) is 9.78 Å².